The Bertz CT molecular complexity index is 7800. The van der Waals surface area contributed by atoms with Crippen molar-refractivity contribution >= 4 is 123 Å². The first-order valence-electron chi connectivity index (χ1n) is 49.7. The van der Waals surface area contributed by atoms with Gasteiger partial charge in [0.2, 0.25) is 0 Å². The molecule has 2 aliphatic rings. The summed E-state index contributed by atoms with van der Waals surface area (Å²) in [7, 11) is 0. The first-order valence-corrected chi connectivity index (χ1v) is 45.7. The quantitative estimate of drug-likeness (QED) is 0.135. The molecule has 0 spiro atoms. The van der Waals surface area contributed by atoms with Crippen molar-refractivity contribution in [2.75, 3.05) is 9.80 Å². The van der Waals surface area contributed by atoms with Crippen LogP contribution < -0.4 is 26.2 Å². The minimum Gasteiger partial charge on any atom is -0.310 e. The molecule has 18 aromatic rings. The minimum absolute atomic E-state index is 0.00231. The van der Waals surface area contributed by atoms with Crippen LogP contribution in [-0.4, -0.2) is 25.4 Å². The monoisotopic (exact) mass is 1680 g/mol. The number of rotatable bonds is 9. The van der Waals surface area contributed by atoms with E-state index in [0.29, 0.717) is 11.4 Å². The zero-order chi connectivity index (χ0) is 96.9. The van der Waals surface area contributed by atoms with E-state index in [1.165, 1.54) is 22.3 Å². The van der Waals surface area contributed by atoms with Gasteiger partial charge in [-0.05, 0) is 226 Å². The van der Waals surface area contributed by atoms with E-state index in [4.69, 9.17) is 4.98 Å². The van der Waals surface area contributed by atoms with Gasteiger partial charge in [0.1, 0.15) is 0 Å². The van der Waals surface area contributed by atoms with E-state index >= 15 is 0 Å². The third kappa shape index (κ3) is 13.9. The van der Waals surface area contributed by atoms with E-state index in [2.05, 4.69) is 434 Å². The number of anilines is 6. The lowest BCUT2D eigenvalue weighted by atomic mass is 9.33. The summed E-state index contributed by atoms with van der Waals surface area (Å²) < 4.78 is 87.0. The predicted octanol–water partition coefficient (Wildman–Crippen LogP) is 31.5. The molecule has 0 aliphatic carbocycles. The van der Waals surface area contributed by atoms with Crippen LogP contribution in [0, 0.1) is 0 Å². The summed E-state index contributed by atoms with van der Waals surface area (Å²) in [5.74, 6) is 0. The molecule has 128 heavy (non-hydrogen) atoms. The highest BCUT2D eigenvalue weighted by Crippen LogP contribution is 2.57. The van der Waals surface area contributed by atoms with Crippen molar-refractivity contribution in [2.24, 2.45) is 0 Å². The first kappa shape index (κ1) is 74.4. The topological polar surface area (TPSA) is 34.2 Å². The summed E-state index contributed by atoms with van der Waals surface area (Å²) in [6.45, 7) is 54.0. The molecule has 0 amide bonds. The summed E-state index contributed by atoms with van der Waals surface area (Å²) in [6, 6.07) is 89.5. The van der Waals surface area contributed by atoms with E-state index in [1.807, 2.05) is 0 Å². The van der Waals surface area contributed by atoms with Gasteiger partial charge in [0.25, 0.3) is 6.71 Å². The molecule has 638 valence electrons. The molecular weight excluding hydrogens is 1550 g/mol. The van der Waals surface area contributed by atoms with Gasteiger partial charge in [-0.1, -0.05) is 336 Å². The second kappa shape index (κ2) is 29.4. The lowest BCUT2D eigenvalue weighted by Crippen LogP contribution is -2.61. The molecule has 0 radical (unpaired) electrons. The number of para-hydroxylation sites is 2. The van der Waals surface area contributed by atoms with Crippen molar-refractivity contribution in [1.82, 2.24) is 18.7 Å². The maximum atomic E-state index is 10.5. The number of pyridine rings is 1. The number of aromatic nitrogens is 4. The van der Waals surface area contributed by atoms with E-state index in [-0.39, 0.29) is 48.9 Å². The average molecular weight is 1680 g/mol. The fourth-order valence-corrected chi connectivity index (χ4v) is 20.0. The van der Waals surface area contributed by atoms with Crippen LogP contribution in [0.1, 0.15) is 222 Å². The summed E-state index contributed by atoms with van der Waals surface area (Å²) >= 11 is 0. The number of benzene rings is 14. The Balaban J connectivity index is 1.06. The van der Waals surface area contributed by atoms with Crippen molar-refractivity contribution in [3.05, 3.63) is 342 Å². The Kier molecular flexibility index (Phi) is 17.1. The van der Waals surface area contributed by atoms with Gasteiger partial charge in [-0.15, -0.1) is 0 Å². The maximum absolute atomic E-state index is 10.5. The van der Waals surface area contributed by atoms with Gasteiger partial charge in [-0.3, -0.25) is 4.98 Å². The summed E-state index contributed by atoms with van der Waals surface area (Å²) in [5.41, 5.74) is 28.3. The highest BCUT2D eigenvalue weighted by atomic mass is 15.2. The normalized spacial score (nSPS) is 14.5. The Morgan fingerprint density at radius 1 is 0.250 bits per heavy atom. The maximum Gasteiger partial charge on any atom is 0.252 e. The molecule has 6 heterocycles. The van der Waals surface area contributed by atoms with Crippen LogP contribution in [0.2, 0.25) is 0 Å². The van der Waals surface area contributed by atoms with Crippen LogP contribution in [-0.2, 0) is 43.3 Å². The zero-order valence-corrected chi connectivity index (χ0v) is 78.9. The summed E-state index contributed by atoms with van der Waals surface area (Å²) in [5, 5.41) is 4.52. The molecule has 7 heteroatoms. The molecule has 20 rings (SSSR count). The fraction of sp³-hybridized carbons (Fsp3) is 0.264. The van der Waals surface area contributed by atoms with Crippen LogP contribution in [0.25, 0.3) is 127 Å². The molecule has 0 atom stereocenters. The smallest absolute Gasteiger partial charge is 0.252 e. The zero-order valence-electron chi connectivity index (χ0n) is 86.9. The van der Waals surface area contributed by atoms with Gasteiger partial charge < -0.3 is 23.5 Å². The number of hydrogen-bond acceptors (Lipinski definition) is 3. The van der Waals surface area contributed by atoms with Crippen LogP contribution in [0.5, 0.6) is 0 Å². The molecule has 0 unspecified atom stereocenters. The van der Waals surface area contributed by atoms with E-state index in [1.54, 1.807) is 4.57 Å². The molecule has 0 fully saturated rings. The number of fused-ring (bicyclic) bond motifs is 13. The molecule has 0 bridgehead atoms. The van der Waals surface area contributed by atoms with E-state index in [0.717, 1.165) is 167 Å². The molecule has 0 saturated carbocycles. The average Bonchev–Trinajstić information content (AvgIpc) is 1.15. The van der Waals surface area contributed by atoms with Gasteiger partial charge in [-0.2, -0.15) is 0 Å². The van der Waals surface area contributed by atoms with Crippen LogP contribution in [0.4, 0.5) is 34.1 Å². The number of nitrogens with zero attached hydrogens (tertiary/aromatic N) is 6. The number of hydrogen-bond donors (Lipinski definition) is 0. The lowest BCUT2D eigenvalue weighted by molar-refractivity contribution is 0.532. The van der Waals surface area contributed by atoms with Crippen molar-refractivity contribution in [3.63, 3.8) is 0 Å². The van der Waals surface area contributed by atoms with E-state index < -0.39 is 71.3 Å². The van der Waals surface area contributed by atoms with Gasteiger partial charge in [0, 0.05) is 111 Å². The van der Waals surface area contributed by atoms with Gasteiger partial charge in [0.15, 0.2) is 0 Å². The molecule has 6 nitrogen and oxygen atoms in total. The molecular formula is C121H121BN6. The molecule has 4 aromatic heterocycles. The largest absolute Gasteiger partial charge is 0.310 e. The Labute approximate surface area is 770 Å². The molecule has 0 N–H and O–H groups in total. The standard InChI is InChI=1S/C121H121BN6/c1-114(2,3)77-48-57-101-92(62-77)93-63-78(115(4,5)6)49-58-102(93)124(101)83-52-55-97-105(70-83)127(111-89(74-38-28-25-29-39-74)66-81(118(13,14)15)67-90(111)75-40-30-26-31-41-75)107-72-85(126-99-46-36-34-44-86(99)87-45-35-37-47-100(87)126)73-108-110(107)122(97)98-56-53-84(125-103-59-50-79(116(7,8)9)64-94(103)95-65-80(117(10,11)12)51-60-104(95)125)71-106(98)128(108)112-91(76-42-32-27-33-43-76)68-82(119(16,17)18)69-96(112)88-54-61-109(120(19,20)21)123-113(88)121(22,23)24/h25-73H,1-24H3/i34D,35D,36D,37D,44D,45D,46D,47D. The van der Waals surface area contributed by atoms with Crippen LogP contribution in [0.15, 0.2) is 297 Å². The molecule has 14 aromatic carbocycles. The van der Waals surface area contributed by atoms with Gasteiger partial charge in [0.05, 0.1) is 66.8 Å². The van der Waals surface area contributed by atoms with Crippen molar-refractivity contribution in [2.45, 2.75) is 209 Å². The van der Waals surface area contributed by atoms with Gasteiger partial charge in [-0.25, -0.2) is 0 Å². The van der Waals surface area contributed by atoms with Crippen LogP contribution >= 0.6 is 0 Å². The van der Waals surface area contributed by atoms with Crippen molar-refractivity contribution in [1.29, 1.82) is 0 Å². The Morgan fingerprint density at radius 3 is 0.906 bits per heavy atom. The third-order valence-corrected chi connectivity index (χ3v) is 27.1. The second-order valence-corrected chi connectivity index (χ2v) is 44.4. The molecule has 0 saturated heterocycles. The highest BCUT2D eigenvalue weighted by molar-refractivity contribution is 7.00. The predicted molar refractivity (Wildman–Crippen MR) is 553 cm³/mol. The SMILES string of the molecule is [2H]c1c([2H])c([2H])c2c(c1[2H])c1c([2H])c([2H])c([2H])c([2H])c1n2-c1cc2c3c(c1)N(c1c(-c4ccccc4)cc(C(C)(C)C)cc1-c1ccc(C(C)(C)C)nc1C(C)(C)C)c1cc(-n4c5ccc(C(C)(C)C)cc5c5cc(C(C)(C)C)ccc54)ccc1B3c1ccc(-n3c4ccc(C(C)(C)C)cc4c4cc(C(C)(C)C)ccc43)cc1N2c1c(-c2ccccc2)cc(C(C)(C)C)cc1-c1ccccc1. The van der Waals surface area contributed by atoms with Crippen molar-refractivity contribution in [3.8, 4) is 61.6 Å². The summed E-state index contributed by atoms with van der Waals surface area (Å²) in [4.78, 5) is 10.9. The highest BCUT2D eigenvalue weighted by Gasteiger charge is 2.47. The minimum atomic E-state index is -0.624. The second-order valence-electron chi connectivity index (χ2n) is 44.4. The van der Waals surface area contributed by atoms with Crippen molar-refractivity contribution < 1.29 is 11.0 Å². The lowest BCUT2D eigenvalue weighted by Gasteiger charge is -2.46. The van der Waals surface area contributed by atoms with E-state index in [9.17, 15) is 11.0 Å². The van der Waals surface area contributed by atoms with Crippen LogP contribution in [0.3, 0.4) is 0 Å². The molecule has 2 aliphatic heterocycles. The summed E-state index contributed by atoms with van der Waals surface area (Å²) in [6.07, 6.45) is 0. The third-order valence-electron chi connectivity index (χ3n) is 27.1. The first-order chi connectivity index (χ1) is 63.9. The Hall–Kier alpha value is -12.7. The fourth-order valence-electron chi connectivity index (χ4n) is 20.0. The Morgan fingerprint density at radius 2 is 0.570 bits per heavy atom. The van der Waals surface area contributed by atoms with Gasteiger partial charge >= 0.3 is 0 Å².